The van der Waals surface area contributed by atoms with Gasteiger partial charge in [0.05, 0.1) is 30.9 Å². The summed E-state index contributed by atoms with van der Waals surface area (Å²) in [5, 5.41) is 1.96. The Hall–Kier alpha value is -1.99. The van der Waals surface area contributed by atoms with Crippen molar-refractivity contribution in [1.82, 2.24) is 10.2 Å². The van der Waals surface area contributed by atoms with Gasteiger partial charge in [0.1, 0.15) is 6.04 Å². The lowest BCUT2D eigenvalue weighted by Gasteiger charge is -2.19. The molecule has 3 N–H and O–H groups in total. The van der Waals surface area contributed by atoms with E-state index in [0.29, 0.717) is 0 Å². The van der Waals surface area contributed by atoms with Gasteiger partial charge in [-0.2, -0.15) is 0 Å². The van der Waals surface area contributed by atoms with Crippen molar-refractivity contribution in [1.29, 1.82) is 0 Å². The van der Waals surface area contributed by atoms with Crippen LogP contribution in [0.3, 0.4) is 0 Å². The molecule has 0 aliphatic carbocycles. The summed E-state index contributed by atoms with van der Waals surface area (Å²) in [6.45, 7) is 5.63. The van der Waals surface area contributed by atoms with E-state index in [0.717, 1.165) is 16.7 Å². The second-order valence-electron chi connectivity index (χ2n) is 7.29. The third-order valence-corrected chi connectivity index (χ3v) is 6.16. The average Bonchev–Trinajstić information content (AvgIpc) is 3.05. The van der Waals surface area contributed by atoms with Crippen LogP contribution in [0.1, 0.15) is 52.9 Å². The predicted octanol–water partition coefficient (Wildman–Crippen LogP) is -3.06. The quantitative estimate of drug-likeness (QED) is 0.154. The van der Waals surface area contributed by atoms with Crippen LogP contribution in [0.25, 0.3) is 0 Å². The lowest BCUT2D eigenvalue weighted by atomic mass is 10.1. The number of nitrogens with two attached hydrogens (primary N) is 1. The van der Waals surface area contributed by atoms with Crippen molar-refractivity contribution in [2.45, 2.75) is 70.2 Å². The summed E-state index contributed by atoms with van der Waals surface area (Å²) in [6.07, 6.45) is -0.337. The molecule has 194 valence electrons. The van der Waals surface area contributed by atoms with Crippen molar-refractivity contribution >= 4 is 47.2 Å². The zero-order chi connectivity index (χ0) is 25.0. The fourth-order valence-electron chi connectivity index (χ4n) is 3.10. The van der Waals surface area contributed by atoms with Crippen molar-refractivity contribution in [3.05, 3.63) is 0 Å². The lowest BCUT2D eigenvalue weighted by Crippen LogP contribution is -3.00. The molecule has 1 aliphatic heterocycles. The zero-order valence-corrected chi connectivity index (χ0v) is 22.1. The molecule has 34 heavy (non-hydrogen) atoms. The van der Waals surface area contributed by atoms with Gasteiger partial charge in [0.2, 0.25) is 17.7 Å². The number of imide groups is 1. The summed E-state index contributed by atoms with van der Waals surface area (Å²) >= 11 is 1.11. The zero-order valence-electron chi connectivity index (χ0n) is 19.7. The van der Waals surface area contributed by atoms with E-state index >= 15 is 0 Å². The van der Waals surface area contributed by atoms with Crippen LogP contribution < -0.4 is 28.0 Å². The molecule has 11 nitrogen and oxygen atoms in total. The highest BCUT2D eigenvalue weighted by Gasteiger charge is 2.38. The van der Waals surface area contributed by atoms with Crippen LogP contribution >= 0.6 is 11.8 Å². The standard InChI is InChI=1S/C21H33N3O8S.BrH/c1-4-24-18(27)11-16(20(24)29)33-12-14(15(25)8-10-19(28)31-5-2)23-17(26)9-7-13(22)21(30)32-6-3;/h13-14,16H,4-12,22H2,1-3H3,(H,23,26);1H/p-1. The summed E-state index contributed by atoms with van der Waals surface area (Å²) in [7, 11) is 0. The van der Waals surface area contributed by atoms with E-state index in [4.69, 9.17) is 15.2 Å². The first-order chi connectivity index (χ1) is 15.6. The van der Waals surface area contributed by atoms with Crippen LogP contribution in [0.5, 0.6) is 0 Å². The maximum atomic E-state index is 12.7. The van der Waals surface area contributed by atoms with Gasteiger partial charge in [-0.3, -0.25) is 33.7 Å². The van der Waals surface area contributed by atoms with E-state index in [1.165, 1.54) is 0 Å². The van der Waals surface area contributed by atoms with E-state index in [-0.39, 0.29) is 86.4 Å². The van der Waals surface area contributed by atoms with Gasteiger partial charge in [0.15, 0.2) is 5.78 Å². The van der Waals surface area contributed by atoms with E-state index < -0.39 is 41.0 Å². The molecular weight excluding hydrogens is 534 g/mol. The normalized spacial score (nSPS) is 16.9. The van der Waals surface area contributed by atoms with Crippen LogP contribution in [-0.2, 0) is 38.2 Å². The van der Waals surface area contributed by atoms with Crippen molar-refractivity contribution in [2.75, 3.05) is 25.5 Å². The van der Waals surface area contributed by atoms with Crippen molar-refractivity contribution in [3.8, 4) is 0 Å². The molecule has 1 heterocycles. The van der Waals surface area contributed by atoms with Crippen molar-refractivity contribution in [3.63, 3.8) is 0 Å². The number of esters is 2. The first kappa shape index (κ1) is 32.0. The molecular formula is C21H33BrN3O8S-. The third-order valence-electron chi connectivity index (χ3n) is 4.86. The summed E-state index contributed by atoms with van der Waals surface area (Å²) in [4.78, 5) is 73.7. The number of ketones is 1. The average molecular weight is 567 g/mol. The number of amides is 3. The molecule has 1 saturated heterocycles. The Morgan fingerprint density at radius 2 is 1.74 bits per heavy atom. The Kier molecular flexibility index (Phi) is 15.6. The smallest absolute Gasteiger partial charge is 0.322 e. The number of carbonyl (C=O) groups is 6. The van der Waals surface area contributed by atoms with Gasteiger partial charge in [-0.1, -0.05) is 0 Å². The molecule has 0 spiro atoms. The van der Waals surface area contributed by atoms with Crippen LogP contribution in [0.2, 0.25) is 0 Å². The molecule has 3 amide bonds. The van der Waals surface area contributed by atoms with Gasteiger partial charge < -0.3 is 37.5 Å². The van der Waals surface area contributed by atoms with Gasteiger partial charge >= 0.3 is 11.9 Å². The molecule has 3 atom stereocenters. The molecule has 3 unspecified atom stereocenters. The van der Waals surface area contributed by atoms with Crippen molar-refractivity contribution in [2.24, 2.45) is 5.73 Å². The topological polar surface area (TPSA) is 162 Å². The summed E-state index contributed by atoms with van der Waals surface area (Å²) < 4.78 is 9.62. The van der Waals surface area contributed by atoms with Gasteiger partial charge in [0, 0.05) is 31.6 Å². The highest BCUT2D eigenvalue weighted by molar-refractivity contribution is 8.00. The molecule has 1 aliphatic rings. The summed E-state index contributed by atoms with van der Waals surface area (Å²) in [5.41, 5.74) is 5.70. The maximum absolute atomic E-state index is 12.7. The van der Waals surface area contributed by atoms with E-state index in [9.17, 15) is 28.8 Å². The largest absolute Gasteiger partial charge is 1.00 e. The number of likely N-dealkylation sites (tertiary alicyclic amines) is 1. The Balaban J connectivity index is 0.0000109. The third kappa shape index (κ3) is 10.5. The van der Waals surface area contributed by atoms with E-state index in [2.05, 4.69) is 5.32 Å². The molecule has 1 fully saturated rings. The van der Waals surface area contributed by atoms with Crippen LogP contribution in [0.4, 0.5) is 0 Å². The molecule has 0 radical (unpaired) electrons. The van der Waals surface area contributed by atoms with Crippen LogP contribution in [0.15, 0.2) is 0 Å². The SMILES string of the molecule is CCOC(=O)CCC(=O)C(CSC1CC(=O)N(CC)C1=O)NC(=O)CCC(N)C(=O)OCC.[Br-]. The number of thioether (sulfide) groups is 1. The minimum absolute atomic E-state index is 0. The first-order valence-electron chi connectivity index (χ1n) is 11.0. The predicted molar refractivity (Wildman–Crippen MR) is 120 cm³/mol. The molecule has 0 aromatic carbocycles. The van der Waals surface area contributed by atoms with Gasteiger partial charge in [0.25, 0.3) is 0 Å². The summed E-state index contributed by atoms with van der Waals surface area (Å²) in [6, 6.07) is -1.94. The van der Waals surface area contributed by atoms with Crippen molar-refractivity contribution < 1.29 is 55.2 Å². The Morgan fingerprint density at radius 3 is 2.29 bits per heavy atom. The molecule has 0 bridgehead atoms. The highest BCUT2D eigenvalue weighted by Crippen LogP contribution is 2.26. The minimum Gasteiger partial charge on any atom is -1.00 e. The first-order valence-corrected chi connectivity index (χ1v) is 12.0. The maximum Gasteiger partial charge on any atom is 0.322 e. The second kappa shape index (κ2) is 16.6. The molecule has 0 aromatic rings. The fraction of sp³-hybridized carbons (Fsp3) is 0.714. The number of hydrogen-bond donors (Lipinski definition) is 2. The molecule has 0 aromatic heterocycles. The Labute approximate surface area is 214 Å². The van der Waals surface area contributed by atoms with E-state index in [1.54, 1.807) is 20.8 Å². The summed E-state index contributed by atoms with van der Waals surface area (Å²) in [5.74, 6) is -2.60. The monoisotopic (exact) mass is 566 g/mol. The number of rotatable bonds is 15. The van der Waals surface area contributed by atoms with Crippen LogP contribution in [-0.4, -0.2) is 83.2 Å². The number of carbonyl (C=O) groups excluding carboxylic acids is 6. The fourth-order valence-corrected chi connectivity index (χ4v) is 4.32. The Morgan fingerprint density at radius 1 is 1.09 bits per heavy atom. The van der Waals surface area contributed by atoms with Gasteiger partial charge in [-0.05, 0) is 27.2 Å². The number of ether oxygens (including phenoxy) is 2. The second-order valence-corrected chi connectivity index (χ2v) is 8.53. The van der Waals surface area contributed by atoms with Gasteiger partial charge in [-0.25, -0.2) is 0 Å². The number of nitrogens with zero attached hydrogens (tertiary/aromatic N) is 1. The lowest BCUT2D eigenvalue weighted by molar-refractivity contribution is -0.145. The Bertz CT molecular complexity index is 752. The number of halogens is 1. The van der Waals surface area contributed by atoms with Gasteiger partial charge in [-0.15, -0.1) is 11.8 Å². The number of Topliss-reactive ketones (excluding diaryl/α,β-unsaturated/α-hetero) is 1. The highest BCUT2D eigenvalue weighted by atomic mass is 79.9. The number of nitrogens with one attached hydrogen (secondary N) is 1. The molecule has 0 saturated carbocycles. The minimum atomic E-state index is -0.977. The molecule has 13 heteroatoms. The number of hydrogen-bond acceptors (Lipinski definition) is 10. The van der Waals surface area contributed by atoms with Crippen LogP contribution in [0, 0.1) is 0 Å². The molecule has 1 rings (SSSR count). The van der Waals surface area contributed by atoms with E-state index in [1.807, 2.05) is 0 Å².